The molecule has 21 heavy (non-hydrogen) atoms. The molecule has 0 saturated carbocycles. The summed E-state index contributed by atoms with van der Waals surface area (Å²) in [5, 5.41) is 0. The maximum absolute atomic E-state index is 12.6. The number of H-pyrrole nitrogens is 1. The van der Waals surface area contributed by atoms with Crippen LogP contribution in [-0.2, 0) is 6.18 Å². The lowest BCUT2D eigenvalue weighted by Crippen LogP contribution is -2.05. The van der Waals surface area contributed by atoms with E-state index < -0.39 is 11.7 Å². The highest BCUT2D eigenvalue weighted by atomic mass is 79.9. The third kappa shape index (κ3) is 2.63. The highest BCUT2D eigenvalue weighted by Crippen LogP contribution is 2.30. The molecule has 108 valence electrons. The third-order valence-corrected chi connectivity index (χ3v) is 3.88. The summed E-state index contributed by atoms with van der Waals surface area (Å²) in [5.74, 6) is 0. The number of fused-ring (bicyclic) bond motifs is 1. The smallest absolute Gasteiger partial charge is 0.330 e. The molecule has 0 unspecified atom stereocenters. The minimum absolute atomic E-state index is 0.433. The lowest BCUT2D eigenvalue weighted by atomic mass is 10.2. The van der Waals surface area contributed by atoms with Gasteiger partial charge < -0.3 is 4.98 Å². The second-order valence-electron chi connectivity index (χ2n) is 4.47. The number of hydrogen-bond acceptors (Lipinski definition) is 1. The average molecular weight is 373 g/mol. The van der Waals surface area contributed by atoms with Crippen molar-refractivity contribution in [3.05, 3.63) is 57.3 Å². The molecule has 2 aromatic carbocycles. The largest absolute Gasteiger partial charge is 0.416 e. The quantitative estimate of drug-likeness (QED) is 0.561. The van der Waals surface area contributed by atoms with Gasteiger partial charge in [0, 0.05) is 10.2 Å². The number of benzene rings is 2. The van der Waals surface area contributed by atoms with E-state index in [-0.39, 0.29) is 0 Å². The van der Waals surface area contributed by atoms with Crippen molar-refractivity contribution in [2.75, 3.05) is 0 Å². The fraction of sp³-hybridized carbons (Fsp3) is 0.0714. The second-order valence-corrected chi connectivity index (χ2v) is 5.77. The van der Waals surface area contributed by atoms with E-state index in [4.69, 9.17) is 12.2 Å². The van der Waals surface area contributed by atoms with Gasteiger partial charge in [-0.05, 0) is 54.7 Å². The topological polar surface area (TPSA) is 20.7 Å². The Kier molecular flexibility index (Phi) is 3.41. The molecule has 0 aliphatic carbocycles. The molecular weight excluding hydrogens is 365 g/mol. The van der Waals surface area contributed by atoms with E-state index in [1.165, 1.54) is 12.1 Å². The van der Waals surface area contributed by atoms with Gasteiger partial charge in [0.1, 0.15) is 0 Å². The van der Waals surface area contributed by atoms with E-state index >= 15 is 0 Å². The molecule has 0 amide bonds. The monoisotopic (exact) mass is 372 g/mol. The number of alkyl halides is 3. The van der Waals surface area contributed by atoms with Crippen LogP contribution in [0.25, 0.3) is 16.7 Å². The summed E-state index contributed by atoms with van der Waals surface area (Å²) in [6.07, 6.45) is -4.34. The Labute approximate surface area is 131 Å². The number of nitrogens with one attached hydrogen (secondary N) is 1. The summed E-state index contributed by atoms with van der Waals surface area (Å²) in [4.78, 5) is 3.03. The van der Waals surface area contributed by atoms with Gasteiger partial charge in [0.15, 0.2) is 4.77 Å². The minimum Gasteiger partial charge on any atom is -0.330 e. The number of hydrogen-bond donors (Lipinski definition) is 1. The number of rotatable bonds is 1. The van der Waals surface area contributed by atoms with Crippen LogP contribution >= 0.6 is 28.1 Å². The van der Waals surface area contributed by atoms with Crippen molar-refractivity contribution in [1.82, 2.24) is 9.55 Å². The van der Waals surface area contributed by atoms with Crippen LogP contribution in [0.5, 0.6) is 0 Å². The van der Waals surface area contributed by atoms with Gasteiger partial charge in [-0.2, -0.15) is 13.2 Å². The molecule has 0 spiro atoms. The molecule has 0 saturated heterocycles. The van der Waals surface area contributed by atoms with Crippen LogP contribution in [0.3, 0.4) is 0 Å². The van der Waals surface area contributed by atoms with E-state index in [9.17, 15) is 13.2 Å². The van der Waals surface area contributed by atoms with Crippen molar-refractivity contribution in [3.8, 4) is 5.69 Å². The van der Waals surface area contributed by atoms with Crippen molar-refractivity contribution >= 4 is 39.2 Å². The van der Waals surface area contributed by atoms with E-state index in [1.807, 2.05) is 18.2 Å². The molecule has 0 fully saturated rings. The first-order valence-corrected chi connectivity index (χ1v) is 7.14. The lowest BCUT2D eigenvalue weighted by molar-refractivity contribution is -0.137. The summed E-state index contributed by atoms with van der Waals surface area (Å²) in [5.41, 5.74) is 1.52. The molecule has 0 aliphatic heterocycles. The molecule has 3 aromatic rings. The average Bonchev–Trinajstić information content (AvgIpc) is 2.73. The van der Waals surface area contributed by atoms with Gasteiger partial charge in [-0.25, -0.2) is 0 Å². The molecule has 0 radical (unpaired) electrons. The molecular formula is C14H8BrF3N2S. The molecule has 1 aromatic heterocycles. The molecule has 1 heterocycles. The fourth-order valence-electron chi connectivity index (χ4n) is 2.13. The number of halogens is 4. The Morgan fingerprint density at radius 2 is 1.71 bits per heavy atom. The molecule has 0 atom stereocenters. The minimum atomic E-state index is -4.34. The van der Waals surface area contributed by atoms with Crippen LogP contribution in [0, 0.1) is 4.77 Å². The van der Waals surface area contributed by atoms with Crippen molar-refractivity contribution in [3.63, 3.8) is 0 Å². The Morgan fingerprint density at radius 3 is 2.33 bits per heavy atom. The standard InChI is InChI=1S/C14H8BrF3N2S/c15-9-3-6-11-12(7-9)20(13(21)19-11)10-4-1-8(2-5-10)14(16,17)18/h1-7H,(H,19,21). The van der Waals surface area contributed by atoms with Gasteiger partial charge >= 0.3 is 6.18 Å². The summed E-state index contributed by atoms with van der Waals surface area (Å²) in [7, 11) is 0. The summed E-state index contributed by atoms with van der Waals surface area (Å²) < 4.78 is 40.8. The van der Waals surface area contributed by atoms with E-state index in [0.29, 0.717) is 10.5 Å². The van der Waals surface area contributed by atoms with Crippen LogP contribution in [0.1, 0.15) is 5.56 Å². The SMILES string of the molecule is FC(F)(F)c1ccc(-n2c(=S)[nH]c3ccc(Br)cc32)cc1. The van der Waals surface area contributed by atoms with Gasteiger partial charge in [0.05, 0.1) is 16.6 Å². The first-order chi connectivity index (χ1) is 9.86. The van der Waals surface area contributed by atoms with Crippen LogP contribution in [0.4, 0.5) is 13.2 Å². The Bertz CT molecular complexity index is 863. The predicted molar refractivity (Wildman–Crippen MR) is 81.2 cm³/mol. The normalized spacial score (nSPS) is 12.0. The number of nitrogens with zero attached hydrogens (tertiary/aromatic N) is 1. The maximum atomic E-state index is 12.6. The Balaban J connectivity index is 2.19. The summed E-state index contributed by atoms with van der Waals surface area (Å²) in [6.45, 7) is 0. The second kappa shape index (κ2) is 4.99. The van der Waals surface area contributed by atoms with Crippen molar-refractivity contribution in [1.29, 1.82) is 0 Å². The van der Waals surface area contributed by atoms with Crippen molar-refractivity contribution in [2.24, 2.45) is 0 Å². The van der Waals surface area contributed by atoms with Gasteiger partial charge in [0.2, 0.25) is 0 Å². The van der Waals surface area contributed by atoms with Gasteiger partial charge in [0.25, 0.3) is 0 Å². The van der Waals surface area contributed by atoms with E-state index in [0.717, 1.165) is 27.6 Å². The highest BCUT2D eigenvalue weighted by Gasteiger charge is 2.30. The number of aromatic amines is 1. The lowest BCUT2D eigenvalue weighted by Gasteiger charge is -2.09. The molecule has 0 aliphatic rings. The zero-order valence-corrected chi connectivity index (χ0v) is 12.8. The van der Waals surface area contributed by atoms with E-state index in [2.05, 4.69) is 20.9 Å². The fourth-order valence-corrected chi connectivity index (χ4v) is 2.79. The van der Waals surface area contributed by atoms with Gasteiger partial charge in [-0.1, -0.05) is 15.9 Å². The summed E-state index contributed by atoms with van der Waals surface area (Å²) in [6, 6.07) is 10.5. The number of aromatic nitrogens is 2. The molecule has 7 heteroatoms. The Hall–Kier alpha value is -1.60. The zero-order valence-electron chi connectivity index (χ0n) is 10.4. The summed E-state index contributed by atoms with van der Waals surface area (Å²) >= 11 is 8.63. The predicted octanol–water partition coefficient (Wildman–Crippen LogP) is 5.47. The first kappa shape index (κ1) is 14.3. The third-order valence-electron chi connectivity index (χ3n) is 3.10. The molecule has 3 rings (SSSR count). The van der Waals surface area contributed by atoms with Crippen LogP contribution < -0.4 is 0 Å². The number of imidazole rings is 1. The Morgan fingerprint density at radius 1 is 1.05 bits per heavy atom. The van der Waals surface area contributed by atoms with E-state index in [1.54, 1.807) is 4.57 Å². The molecule has 1 N–H and O–H groups in total. The van der Waals surface area contributed by atoms with Crippen LogP contribution in [0.2, 0.25) is 0 Å². The van der Waals surface area contributed by atoms with Crippen molar-refractivity contribution in [2.45, 2.75) is 6.18 Å². The highest BCUT2D eigenvalue weighted by molar-refractivity contribution is 9.10. The van der Waals surface area contributed by atoms with Gasteiger partial charge in [-0.3, -0.25) is 4.57 Å². The maximum Gasteiger partial charge on any atom is 0.416 e. The molecule has 0 bridgehead atoms. The van der Waals surface area contributed by atoms with Crippen molar-refractivity contribution < 1.29 is 13.2 Å². The zero-order chi connectivity index (χ0) is 15.2. The first-order valence-electron chi connectivity index (χ1n) is 5.94. The van der Waals surface area contributed by atoms with Gasteiger partial charge in [-0.15, -0.1) is 0 Å². The van der Waals surface area contributed by atoms with Crippen LogP contribution in [0.15, 0.2) is 46.9 Å². The van der Waals surface area contributed by atoms with Crippen LogP contribution in [-0.4, -0.2) is 9.55 Å². The molecule has 2 nitrogen and oxygen atoms in total.